The van der Waals surface area contributed by atoms with Crippen LogP contribution in [0, 0.1) is 10.1 Å². The predicted molar refractivity (Wildman–Crippen MR) is 120 cm³/mol. The number of pyridine rings is 1. The molecule has 0 aliphatic rings. The number of hydrogen-bond donors (Lipinski definition) is 2. The monoisotopic (exact) mass is 411 g/mol. The molecule has 0 bridgehead atoms. The lowest BCUT2D eigenvalue weighted by molar-refractivity contribution is -0.384. The van der Waals surface area contributed by atoms with E-state index in [0.717, 1.165) is 10.9 Å². The molecule has 1 heterocycles. The molecule has 31 heavy (non-hydrogen) atoms. The van der Waals surface area contributed by atoms with Crippen LogP contribution in [0.25, 0.3) is 10.9 Å². The molecule has 0 radical (unpaired) electrons. The van der Waals surface area contributed by atoms with Crippen LogP contribution >= 0.6 is 0 Å². The van der Waals surface area contributed by atoms with E-state index >= 15 is 0 Å². The van der Waals surface area contributed by atoms with Crippen molar-refractivity contribution in [1.29, 1.82) is 0 Å². The van der Waals surface area contributed by atoms with Gasteiger partial charge in [0, 0.05) is 23.1 Å². The van der Waals surface area contributed by atoms with E-state index in [-0.39, 0.29) is 17.0 Å². The zero-order valence-electron chi connectivity index (χ0n) is 16.2. The lowest BCUT2D eigenvalue weighted by Gasteiger charge is -2.07. The van der Waals surface area contributed by atoms with Crippen molar-refractivity contribution in [2.75, 3.05) is 0 Å². The highest BCUT2D eigenvalue weighted by Gasteiger charge is 2.10. The molecular formula is C23H17N5O3. The van der Waals surface area contributed by atoms with Gasteiger partial charge in [0.05, 0.1) is 22.3 Å². The lowest BCUT2D eigenvalue weighted by atomic mass is 10.2. The first-order valence-electron chi connectivity index (χ1n) is 9.36. The van der Waals surface area contributed by atoms with E-state index in [9.17, 15) is 15.2 Å². The molecule has 0 fully saturated rings. The van der Waals surface area contributed by atoms with Gasteiger partial charge in [0.25, 0.3) is 5.69 Å². The Morgan fingerprint density at radius 3 is 2.58 bits per heavy atom. The summed E-state index contributed by atoms with van der Waals surface area (Å²) in [7, 11) is 0. The van der Waals surface area contributed by atoms with Crippen LogP contribution in [0.4, 0.5) is 11.4 Å². The number of nitro groups is 1. The van der Waals surface area contributed by atoms with Gasteiger partial charge < -0.3 is 5.11 Å². The van der Waals surface area contributed by atoms with Crippen LogP contribution in [0.3, 0.4) is 0 Å². The molecule has 0 unspecified atom stereocenters. The number of nitro benzene ring substituents is 1. The molecule has 4 aromatic rings. The summed E-state index contributed by atoms with van der Waals surface area (Å²) in [4.78, 5) is 19.7. The number of benzene rings is 3. The first-order chi connectivity index (χ1) is 15.1. The Balaban J connectivity index is 1.68. The highest BCUT2D eigenvalue weighted by atomic mass is 16.6. The first-order valence-corrected chi connectivity index (χ1v) is 9.36. The average Bonchev–Trinajstić information content (AvgIpc) is 2.80. The number of hydrazone groups is 1. The van der Waals surface area contributed by atoms with Gasteiger partial charge in [0.15, 0.2) is 5.84 Å². The summed E-state index contributed by atoms with van der Waals surface area (Å²) in [5, 5.41) is 26.1. The fourth-order valence-electron chi connectivity index (χ4n) is 2.89. The topological polar surface area (TPSA) is 113 Å². The number of amidine groups is 1. The lowest BCUT2D eigenvalue weighted by Crippen LogP contribution is -2.20. The van der Waals surface area contributed by atoms with E-state index in [1.54, 1.807) is 0 Å². The highest BCUT2D eigenvalue weighted by Crippen LogP contribution is 2.21. The largest absolute Gasteiger partial charge is 0.507 e. The van der Waals surface area contributed by atoms with Crippen LogP contribution in [-0.4, -0.2) is 27.1 Å². The van der Waals surface area contributed by atoms with Gasteiger partial charge in [-0.2, -0.15) is 5.10 Å². The predicted octanol–water partition coefficient (Wildman–Crippen LogP) is 4.55. The zero-order chi connectivity index (χ0) is 21.6. The van der Waals surface area contributed by atoms with Crippen molar-refractivity contribution in [2.24, 2.45) is 10.1 Å². The number of para-hydroxylation sites is 2. The van der Waals surface area contributed by atoms with Gasteiger partial charge in [0.2, 0.25) is 0 Å². The summed E-state index contributed by atoms with van der Waals surface area (Å²) in [5.74, 6) is 0.264. The van der Waals surface area contributed by atoms with E-state index in [4.69, 9.17) is 0 Å². The third-order valence-corrected chi connectivity index (χ3v) is 4.43. The van der Waals surface area contributed by atoms with E-state index in [1.165, 1.54) is 24.4 Å². The van der Waals surface area contributed by atoms with Crippen molar-refractivity contribution in [3.63, 3.8) is 0 Å². The number of rotatable bonds is 5. The van der Waals surface area contributed by atoms with Crippen molar-refractivity contribution >= 4 is 34.3 Å². The van der Waals surface area contributed by atoms with E-state index in [2.05, 4.69) is 20.5 Å². The molecule has 8 nitrogen and oxygen atoms in total. The summed E-state index contributed by atoms with van der Waals surface area (Å²) < 4.78 is 0. The second-order valence-electron chi connectivity index (χ2n) is 6.56. The first kappa shape index (κ1) is 19.7. The van der Waals surface area contributed by atoms with Crippen LogP contribution in [0.15, 0.2) is 95.0 Å². The summed E-state index contributed by atoms with van der Waals surface area (Å²) in [6, 6.07) is 24.5. The average molecular weight is 411 g/mol. The third-order valence-electron chi connectivity index (χ3n) is 4.43. The third kappa shape index (κ3) is 4.70. The van der Waals surface area contributed by atoms with Crippen LogP contribution < -0.4 is 5.43 Å². The molecule has 152 valence electrons. The summed E-state index contributed by atoms with van der Waals surface area (Å²) >= 11 is 0. The van der Waals surface area contributed by atoms with Gasteiger partial charge in [-0.1, -0.05) is 42.5 Å². The van der Waals surface area contributed by atoms with E-state index in [0.29, 0.717) is 17.2 Å². The summed E-state index contributed by atoms with van der Waals surface area (Å²) in [6.07, 6.45) is 1.30. The molecule has 0 aliphatic heterocycles. The normalized spacial score (nSPS) is 11.7. The number of nitrogens with zero attached hydrogens (tertiary/aromatic N) is 4. The van der Waals surface area contributed by atoms with Crippen LogP contribution in [-0.2, 0) is 0 Å². The van der Waals surface area contributed by atoms with Gasteiger partial charge in [-0.25, -0.2) is 9.98 Å². The molecule has 3 aromatic carbocycles. The van der Waals surface area contributed by atoms with Gasteiger partial charge in [-0.3, -0.25) is 15.5 Å². The summed E-state index contributed by atoms with van der Waals surface area (Å²) in [6.45, 7) is 0. The number of hydrogen-bond acceptors (Lipinski definition) is 6. The number of phenols is 1. The Bertz CT molecular complexity index is 1300. The Labute approximate surface area is 177 Å². The van der Waals surface area contributed by atoms with E-state index in [1.807, 2.05) is 66.7 Å². The molecule has 4 rings (SSSR count). The van der Waals surface area contributed by atoms with Crippen molar-refractivity contribution < 1.29 is 10.0 Å². The smallest absolute Gasteiger partial charge is 0.270 e. The fraction of sp³-hybridized carbons (Fsp3) is 0. The maximum absolute atomic E-state index is 11.0. The minimum absolute atomic E-state index is 0.124. The number of aromatic nitrogens is 1. The Morgan fingerprint density at radius 2 is 1.77 bits per heavy atom. The SMILES string of the molecule is O=[N+]([O-])c1ccc(O)c(/C=N/NC(=Nc2ccccc2)c2ccc3ccccc3n2)c1. The molecule has 2 N–H and O–H groups in total. The number of non-ortho nitro benzene ring substituents is 1. The number of fused-ring (bicyclic) bond motifs is 1. The second kappa shape index (κ2) is 8.83. The van der Waals surface area contributed by atoms with Crippen molar-refractivity contribution in [3.05, 3.63) is 106 Å². The van der Waals surface area contributed by atoms with Gasteiger partial charge in [-0.05, 0) is 30.3 Å². The molecule has 0 atom stereocenters. The molecule has 8 heteroatoms. The number of aliphatic imine (C=N–C) groups is 1. The Kier molecular flexibility index (Phi) is 5.62. The van der Waals surface area contributed by atoms with Crippen molar-refractivity contribution in [1.82, 2.24) is 10.4 Å². The number of nitrogens with one attached hydrogen (secondary N) is 1. The molecule has 0 saturated heterocycles. The fourth-order valence-corrected chi connectivity index (χ4v) is 2.89. The zero-order valence-corrected chi connectivity index (χ0v) is 16.2. The molecule has 1 aromatic heterocycles. The summed E-state index contributed by atoms with van der Waals surface area (Å²) in [5.41, 5.74) is 4.99. The highest BCUT2D eigenvalue weighted by molar-refractivity contribution is 6.00. The van der Waals surface area contributed by atoms with Crippen molar-refractivity contribution in [3.8, 4) is 5.75 Å². The van der Waals surface area contributed by atoms with Gasteiger partial charge in [-0.15, -0.1) is 0 Å². The van der Waals surface area contributed by atoms with Crippen LogP contribution in [0.2, 0.25) is 0 Å². The molecule has 0 spiro atoms. The minimum Gasteiger partial charge on any atom is -0.507 e. The maximum atomic E-state index is 11.0. The van der Waals surface area contributed by atoms with Crippen molar-refractivity contribution in [2.45, 2.75) is 0 Å². The Morgan fingerprint density at radius 1 is 1.00 bits per heavy atom. The van der Waals surface area contributed by atoms with E-state index < -0.39 is 4.92 Å². The van der Waals surface area contributed by atoms with Gasteiger partial charge >= 0.3 is 0 Å². The Hall–Kier alpha value is -4.59. The maximum Gasteiger partial charge on any atom is 0.270 e. The number of aromatic hydroxyl groups is 1. The second-order valence-corrected chi connectivity index (χ2v) is 6.56. The quantitative estimate of drug-likeness (QED) is 0.216. The van der Waals surface area contributed by atoms with Crippen LogP contribution in [0.1, 0.15) is 11.3 Å². The molecule has 0 aliphatic carbocycles. The van der Waals surface area contributed by atoms with Crippen LogP contribution in [0.5, 0.6) is 5.75 Å². The standard InChI is InChI=1S/C23H17N5O3/c29-22-13-11-19(28(30)31)14-17(22)15-24-27-23(25-18-7-2-1-3-8-18)21-12-10-16-6-4-5-9-20(16)26-21/h1-15,29H,(H,25,27)/b24-15+. The van der Waals surface area contributed by atoms with Gasteiger partial charge in [0.1, 0.15) is 11.4 Å². The molecule has 0 amide bonds. The minimum atomic E-state index is -0.536. The molecule has 0 saturated carbocycles. The molecular weight excluding hydrogens is 394 g/mol. The number of phenolic OH excluding ortho intramolecular Hbond substituents is 1.